The van der Waals surface area contributed by atoms with Gasteiger partial charge in [-0.05, 0) is 23.8 Å². The molecule has 2 amide bonds. The van der Waals surface area contributed by atoms with Crippen LogP contribution >= 0.6 is 0 Å². The lowest BCUT2D eigenvalue weighted by Crippen LogP contribution is -2.36. The van der Waals surface area contributed by atoms with Crippen molar-refractivity contribution in [2.24, 2.45) is 0 Å². The third-order valence-corrected chi connectivity index (χ3v) is 5.28. The molecule has 0 spiro atoms. The van der Waals surface area contributed by atoms with E-state index < -0.39 is 18.4 Å². The summed E-state index contributed by atoms with van der Waals surface area (Å²) in [7, 11) is 0. The number of carbonyl (C=O) groups excluding carboxylic acids is 2. The molecule has 0 fully saturated rings. The number of benzene rings is 3. The van der Waals surface area contributed by atoms with Crippen molar-refractivity contribution in [1.82, 2.24) is 20.4 Å². The molecule has 0 radical (unpaired) electrons. The Morgan fingerprint density at radius 2 is 1.64 bits per heavy atom. The minimum atomic E-state index is -2.99. The van der Waals surface area contributed by atoms with Crippen molar-refractivity contribution in [3.05, 3.63) is 108 Å². The summed E-state index contributed by atoms with van der Waals surface area (Å²) in [5.74, 6) is -1.12. The maximum atomic E-state index is 12.4. The molecule has 0 aliphatic rings. The van der Waals surface area contributed by atoms with E-state index in [1.807, 2.05) is 71.5 Å². The van der Waals surface area contributed by atoms with Gasteiger partial charge in [-0.15, -0.1) is 0 Å². The predicted octanol–water partition coefficient (Wildman–Crippen LogP) is 4.25. The van der Waals surface area contributed by atoms with Crippen LogP contribution in [0.1, 0.15) is 21.5 Å². The van der Waals surface area contributed by atoms with Gasteiger partial charge in [-0.25, -0.2) is 0 Å². The van der Waals surface area contributed by atoms with E-state index in [1.165, 1.54) is 24.3 Å². The molecular weight excluding hydrogens is 466 g/mol. The van der Waals surface area contributed by atoms with Crippen LogP contribution < -0.4 is 15.4 Å². The van der Waals surface area contributed by atoms with Crippen LogP contribution in [0.3, 0.4) is 0 Å². The molecule has 4 aromatic rings. The Kier molecular flexibility index (Phi) is 8.02. The summed E-state index contributed by atoms with van der Waals surface area (Å²) in [6.45, 7) is -2.48. The van der Waals surface area contributed by atoms with Crippen molar-refractivity contribution in [3.8, 4) is 17.0 Å². The van der Waals surface area contributed by atoms with Gasteiger partial charge in [0, 0.05) is 29.4 Å². The molecular formula is C27H24F2N4O3. The SMILES string of the molecule is O=C(CNC(=O)c1cccc(OC(F)F)c1)NCc1cn(Cc2ccccc2)nc1-c1ccccc1. The highest BCUT2D eigenvalue weighted by Gasteiger charge is 2.14. The second-order valence-electron chi connectivity index (χ2n) is 7.92. The maximum Gasteiger partial charge on any atom is 0.387 e. The van der Waals surface area contributed by atoms with Crippen LogP contribution in [0, 0.1) is 0 Å². The average Bonchev–Trinajstić information content (AvgIpc) is 3.29. The standard InChI is InChI=1S/C27H24F2N4O3/c28-27(29)36-23-13-7-12-21(14-23)26(35)31-16-24(34)30-15-22-18-33(17-19-8-3-1-4-9-19)32-25(22)20-10-5-2-6-11-20/h1-14,18,27H,15-17H2,(H,30,34)(H,31,35). The molecule has 0 bridgehead atoms. The number of amides is 2. The Labute approximate surface area is 206 Å². The fourth-order valence-corrected chi connectivity index (χ4v) is 3.62. The smallest absolute Gasteiger partial charge is 0.387 e. The fraction of sp³-hybridized carbons (Fsp3) is 0.148. The van der Waals surface area contributed by atoms with Crippen LogP contribution in [-0.2, 0) is 17.9 Å². The van der Waals surface area contributed by atoms with Crippen LogP contribution in [0.15, 0.2) is 91.1 Å². The number of hydrogen-bond acceptors (Lipinski definition) is 4. The van der Waals surface area contributed by atoms with Crippen LogP contribution in [0.2, 0.25) is 0 Å². The zero-order chi connectivity index (χ0) is 25.3. The number of rotatable bonds is 10. The monoisotopic (exact) mass is 490 g/mol. The first kappa shape index (κ1) is 24.6. The van der Waals surface area contributed by atoms with Gasteiger partial charge in [0.05, 0.1) is 18.8 Å². The Morgan fingerprint density at radius 3 is 2.36 bits per heavy atom. The zero-order valence-corrected chi connectivity index (χ0v) is 19.2. The minimum Gasteiger partial charge on any atom is -0.435 e. The van der Waals surface area contributed by atoms with Gasteiger partial charge in [0.2, 0.25) is 5.91 Å². The third-order valence-electron chi connectivity index (χ3n) is 5.28. The van der Waals surface area contributed by atoms with E-state index in [4.69, 9.17) is 5.10 Å². The fourth-order valence-electron chi connectivity index (χ4n) is 3.62. The van der Waals surface area contributed by atoms with Gasteiger partial charge in [0.25, 0.3) is 5.91 Å². The molecule has 0 aliphatic heterocycles. The summed E-state index contributed by atoms with van der Waals surface area (Å²) in [5, 5.41) is 10.0. The van der Waals surface area contributed by atoms with Gasteiger partial charge in [0.15, 0.2) is 0 Å². The number of hydrogen-bond donors (Lipinski definition) is 2. The Hall–Kier alpha value is -4.53. The van der Waals surface area contributed by atoms with Gasteiger partial charge in [-0.3, -0.25) is 14.3 Å². The van der Waals surface area contributed by atoms with Crippen LogP contribution in [0.5, 0.6) is 5.75 Å². The highest BCUT2D eigenvalue weighted by molar-refractivity contribution is 5.96. The van der Waals surface area contributed by atoms with E-state index in [1.54, 1.807) is 0 Å². The number of ether oxygens (including phenoxy) is 1. The lowest BCUT2D eigenvalue weighted by atomic mass is 10.1. The van der Waals surface area contributed by atoms with Crippen LogP contribution in [0.25, 0.3) is 11.3 Å². The number of aromatic nitrogens is 2. The van der Waals surface area contributed by atoms with Crippen molar-refractivity contribution in [3.63, 3.8) is 0 Å². The first-order valence-corrected chi connectivity index (χ1v) is 11.2. The average molecular weight is 491 g/mol. The number of carbonyl (C=O) groups is 2. The van der Waals surface area contributed by atoms with Gasteiger partial charge >= 0.3 is 6.61 Å². The molecule has 1 aromatic heterocycles. The Balaban J connectivity index is 1.38. The topological polar surface area (TPSA) is 85.3 Å². The van der Waals surface area contributed by atoms with Crippen molar-refractivity contribution < 1.29 is 23.1 Å². The highest BCUT2D eigenvalue weighted by Crippen LogP contribution is 2.22. The number of nitrogens with zero attached hydrogens (tertiary/aromatic N) is 2. The van der Waals surface area contributed by atoms with E-state index in [9.17, 15) is 18.4 Å². The Bertz CT molecular complexity index is 1310. The molecule has 3 aromatic carbocycles. The van der Waals surface area contributed by atoms with E-state index in [0.29, 0.717) is 6.54 Å². The molecule has 0 atom stereocenters. The first-order valence-electron chi connectivity index (χ1n) is 11.2. The molecule has 4 rings (SSSR count). The predicted molar refractivity (Wildman–Crippen MR) is 130 cm³/mol. The van der Waals surface area contributed by atoms with E-state index >= 15 is 0 Å². The summed E-state index contributed by atoms with van der Waals surface area (Å²) in [6.07, 6.45) is 1.89. The Morgan fingerprint density at radius 1 is 0.917 bits per heavy atom. The maximum absolute atomic E-state index is 12.4. The molecule has 1 heterocycles. The molecule has 0 unspecified atom stereocenters. The molecule has 2 N–H and O–H groups in total. The quantitative estimate of drug-likeness (QED) is 0.348. The van der Waals surface area contributed by atoms with Crippen LogP contribution in [-0.4, -0.2) is 34.8 Å². The van der Waals surface area contributed by atoms with E-state index in [2.05, 4.69) is 15.4 Å². The molecule has 7 nitrogen and oxygen atoms in total. The highest BCUT2D eigenvalue weighted by atomic mass is 19.3. The second kappa shape index (κ2) is 11.7. The zero-order valence-electron chi connectivity index (χ0n) is 19.2. The summed E-state index contributed by atoms with van der Waals surface area (Å²) in [5.41, 5.74) is 3.71. The molecule has 0 saturated heterocycles. The van der Waals surface area contributed by atoms with Crippen molar-refractivity contribution in [1.29, 1.82) is 0 Å². The first-order chi connectivity index (χ1) is 17.5. The van der Waals surface area contributed by atoms with Gasteiger partial charge in [-0.2, -0.15) is 13.9 Å². The van der Waals surface area contributed by atoms with Crippen molar-refractivity contribution in [2.75, 3.05) is 6.54 Å². The number of nitrogens with one attached hydrogen (secondary N) is 2. The largest absolute Gasteiger partial charge is 0.435 e. The van der Waals surface area contributed by atoms with Gasteiger partial charge in [-0.1, -0.05) is 66.7 Å². The lowest BCUT2D eigenvalue weighted by Gasteiger charge is -2.09. The van der Waals surface area contributed by atoms with E-state index in [-0.39, 0.29) is 24.4 Å². The third kappa shape index (κ3) is 6.75. The molecule has 9 heteroatoms. The second-order valence-corrected chi connectivity index (χ2v) is 7.92. The summed E-state index contributed by atoms with van der Waals surface area (Å²) < 4.78 is 30.9. The lowest BCUT2D eigenvalue weighted by molar-refractivity contribution is -0.120. The summed E-state index contributed by atoms with van der Waals surface area (Å²) in [6, 6.07) is 25.0. The number of alkyl halides is 2. The molecule has 0 saturated carbocycles. The van der Waals surface area contributed by atoms with Crippen LogP contribution in [0.4, 0.5) is 8.78 Å². The van der Waals surface area contributed by atoms with Gasteiger partial charge < -0.3 is 15.4 Å². The summed E-state index contributed by atoms with van der Waals surface area (Å²) >= 11 is 0. The molecule has 36 heavy (non-hydrogen) atoms. The van der Waals surface area contributed by atoms with E-state index in [0.717, 1.165) is 22.4 Å². The molecule has 184 valence electrons. The minimum absolute atomic E-state index is 0.106. The van der Waals surface area contributed by atoms with Crippen molar-refractivity contribution in [2.45, 2.75) is 19.7 Å². The summed E-state index contributed by atoms with van der Waals surface area (Å²) in [4.78, 5) is 24.8. The normalized spacial score (nSPS) is 10.8. The van der Waals surface area contributed by atoms with Gasteiger partial charge in [0.1, 0.15) is 5.75 Å². The van der Waals surface area contributed by atoms with Crippen molar-refractivity contribution >= 4 is 11.8 Å². The number of halogens is 2. The molecule has 0 aliphatic carbocycles.